The van der Waals surface area contributed by atoms with Crippen LogP contribution in [0.5, 0.6) is 5.75 Å². The molecule has 2 N–H and O–H groups in total. The van der Waals surface area contributed by atoms with Gasteiger partial charge in [-0.25, -0.2) is 0 Å². The van der Waals surface area contributed by atoms with Gasteiger partial charge in [0.2, 0.25) is 0 Å². The second-order valence-electron chi connectivity index (χ2n) is 6.35. The van der Waals surface area contributed by atoms with Gasteiger partial charge in [0.15, 0.2) is 0 Å². The number of anilines is 1. The molecule has 4 nitrogen and oxygen atoms in total. The average Bonchev–Trinajstić information content (AvgIpc) is 2.92. The first-order valence-electron chi connectivity index (χ1n) is 8.02. The van der Waals surface area contributed by atoms with E-state index in [9.17, 15) is 4.79 Å². The van der Waals surface area contributed by atoms with Crippen LogP contribution in [0.15, 0.2) is 24.3 Å². The fourth-order valence-corrected chi connectivity index (χ4v) is 4.96. The Bertz CT molecular complexity index is 768. The van der Waals surface area contributed by atoms with Crippen LogP contribution in [0.1, 0.15) is 45.9 Å². The van der Waals surface area contributed by atoms with Gasteiger partial charge in [0.25, 0.3) is 5.91 Å². The monoisotopic (exact) mass is 328 g/mol. The molecule has 1 aromatic carbocycles. The molecule has 2 unspecified atom stereocenters. The summed E-state index contributed by atoms with van der Waals surface area (Å²) in [5.74, 6) is 1.51. The number of carbonyl (C=O) groups is 1. The van der Waals surface area contributed by atoms with Crippen molar-refractivity contribution in [1.29, 1.82) is 0 Å². The molecule has 1 aromatic heterocycles. The van der Waals surface area contributed by atoms with E-state index in [-0.39, 0.29) is 12.1 Å². The van der Waals surface area contributed by atoms with Crippen molar-refractivity contribution in [3.05, 3.63) is 45.8 Å². The highest BCUT2D eigenvalue weighted by Gasteiger charge is 2.33. The van der Waals surface area contributed by atoms with Crippen molar-refractivity contribution < 1.29 is 9.53 Å². The predicted octanol–water partition coefficient (Wildman–Crippen LogP) is 3.74. The number of carbonyl (C=O) groups excluding carboxylic acids is 1. The number of hydrogen-bond donors (Lipinski definition) is 2. The number of methoxy groups -OCH3 is 1. The number of amides is 1. The van der Waals surface area contributed by atoms with E-state index >= 15 is 0 Å². The summed E-state index contributed by atoms with van der Waals surface area (Å²) in [5.41, 5.74) is 3.07. The molecule has 2 atom stereocenters. The zero-order valence-corrected chi connectivity index (χ0v) is 14.1. The summed E-state index contributed by atoms with van der Waals surface area (Å²) in [6.45, 7) is 2.28. The van der Waals surface area contributed by atoms with E-state index in [1.165, 1.54) is 16.9 Å². The van der Waals surface area contributed by atoms with Crippen molar-refractivity contribution in [3.63, 3.8) is 0 Å². The predicted molar refractivity (Wildman–Crippen MR) is 92.3 cm³/mol. The Labute approximate surface area is 139 Å². The Balaban J connectivity index is 1.72. The van der Waals surface area contributed by atoms with Crippen LogP contribution in [0.4, 0.5) is 5.00 Å². The van der Waals surface area contributed by atoms with Crippen LogP contribution in [-0.2, 0) is 12.8 Å². The standard InChI is InChI=1S/C18H20N2O2S/c1-10-7-8-12-14(9-10)23-18-15(12)17(21)19-16(20-18)11-5-3-4-6-13(11)22-2/h3-6,10,16,20H,7-9H2,1-2H3,(H,19,21). The number of benzene rings is 1. The Kier molecular flexibility index (Phi) is 3.53. The molecule has 0 fully saturated rings. The molecular formula is C18H20N2O2S. The van der Waals surface area contributed by atoms with Gasteiger partial charge in [0, 0.05) is 10.4 Å². The maximum absolute atomic E-state index is 12.7. The maximum Gasteiger partial charge on any atom is 0.256 e. The van der Waals surface area contributed by atoms with Gasteiger partial charge in [-0.05, 0) is 36.8 Å². The number of ether oxygens (including phenoxy) is 1. The van der Waals surface area contributed by atoms with Crippen LogP contribution in [0, 0.1) is 5.92 Å². The van der Waals surface area contributed by atoms with Gasteiger partial charge in [-0.2, -0.15) is 0 Å². The fraction of sp³-hybridized carbons (Fsp3) is 0.389. The van der Waals surface area contributed by atoms with Crippen molar-refractivity contribution >= 4 is 22.2 Å². The van der Waals surface area contributed by atoms with Crippen LogP contribution in [0.25, 0.3) is 0 Å². The zero-order valence-electron chi connectivity index (χ0n) is 13.3. The lowest BCUT2D eigenvalue weighted by atomic mass is 9.88. The minimum atomic E-state index is -0.247. The van der Waals surface area contributed by atoms with Crippen molar-refractivity contribution in [2.75, 3.05) is 12.4 Å². The van der Waals surface area contributed by atoms with E-state index < -0.39 is 0 Å². The summed E-state index contributed by atoms with van der Waals surface area (Å²) < 4.78 is 5.43. The fourth-order valence-electron chi connectivity index (χ4n) is 3.52. The summed E-state index contributed by atoms with van der Waals surface area (Å²) in [6, 6.07) is 7.79. The molecule has 0 bridgehead atoms. The van der Waals surface area contributed by atoms with E-state index in [0.717, 1.165) is 34.7 Å². The lowest BCUT2D eigenvalue weighted by Crippen LogP contribution is -2.38. The highest BCUT2D eigenvalue weighted by molar-refractivity contribution is 7.16. The number of rotatable bonds is 2. The van der Waals surface area contributed by atoms with Crippen LogP contribution in [0.3, 0.4) is 0 Å². The summed E-state index contributed by atoms with van der Waals surface area (Å²) in [5, 5.41) is 7.59. The highest BCUT2D eigenvalue weighted by atomic mass is 32.1. The summed E-state index contributed by atoms with van der Waals surface area (Å²) in [7, 11) is 1.65. The number of para-hydroxylation sites is 1. The van der Waals surface area contributed by atoms with Crippen LogP contribution >= 0.6 is 11.3 Å². The molecule has 0 radical (unpaired) electrons. The largest absolute Gasteiger partial charge is 0.496 e. The Morgan fingerprint density at radius 1 is 1.26 bits per heavy atom. The molecule has 2 aliphatic rings. The Morgan fingerprint density at radius 2 is 2.09 bits per heavy atom. The second-order valence-corrected chi connectivity index (χ2v) is 7.45. The molecular weight excluding hydrogens is 308 g/mol. The van der Waals surface area contributed by atoms with Gasteiger partial charge >= 0.3 is 0 Å². The Morgan fingerprint density at radius 3 is 2.91 bits per heavy atom. The SMILES string of the molecule is COc1ccccc1C1NC(=O)c2c(sc3c2CCC(C)C3)N1. The molecule has 120 valence electrons. The topological polar surface area (TPSA) is 50.4 Å². The third-order valence-electron chi connectivity index (χ3n) is 4.74. The smallest absolute Gasteiger partial charge is 0.256 e. The molecule has 0 saturated carbocycles. The molecule has 1 aliphatic heterocycles. The number of thiophene rings is 1. The summed E-state index contributed by atoms with van der Waals surface area (Å²) in [4.78, 5) is 14.1. The van der Waals surface area contributed by atoms with E-state index in [1.807, 2.05) is 24.3 Å². The van der Waals surface area contributed by atoms with Gasteiger partial charge in [0.1, 0.15) is 16.9 Å². The minimum absolute atomic E-state index is 0.0294. The van der Waals surface area contributed by atoms with E-state index in [2.05, 4.69) is 17.6 Å². The number of hydrogen-bond acceptors (Lipinski definition) is 4. The quantitative estimate of drug-likeness (QED) is 0.883. The van der Waals surface area contributed by atoms with E-state index in [4.69, 9.17) is 4.74 Å². The molecule has 1 amide bonds. The lowest BCUT2D eigenvalue weighted by Gasteiger charge is -2.28. The summed E-state index contributed by atoms with van der Waals surface area (Å²) in [6.07, 6.45) is 3.01. The maximum atomic E-state index is 12.7. The first-order valence-corrected chi connectivity index (χ1v) is 8.84. The lowest BCUT2D eigenvalue weighted by molar-refractivity contribution is 0.0934. The molecule has 0 saturated heterocycles. The number of nitrogens with one attached hydrogen (secondary N) is 2. The van der Waals surface area contributed by atoms with E-state index in [1.54, 1.807) is 18.4 Å². The van der Waals surface area contributed by atoms with Crippen molar-refractivity contribution in [2.24, 2.45) is 5.92 Å². The molecule has 5 heteroatoms. The van der Waals surface area contributed by atoms with Crippen LogP contribution in [-0.4, -0.2) is 13.0 Å². The third-order valence-corrected chi connectivity index (χ3v) is 5.93. The zero-order chi connectivity index (χ0) is 16.0. The van der Waals surface area contributed by atoms with Crippen molar-refractivity contribution in [1.82, 2.24) is 5.32 Å². The minimum Gasteiger partial charge on any atom is -0.496 e. The van der Waals surface area contributed by atoms with Crippen molar-refractivity contribution in [3.8, 4) is 5.75 Å². The molecule has 1 aliphatic carbocycles. The van der Waals surface area contributed by atoms with Gasteiger partial charge in [-0.15, -0.1) is 11.3 Å². The van der Waals surface area contributed by atoms with Gasteiger partial charge in [-0.1, -0.05) is 25.1 Å². The molecule has 0 spiro atoms. The first-order chi connectivity index (χ1) is 11.2. The Hall–Kier alpha value is -2.01. The second kappa shape index (κ2) is 5.57. The summed E-state index contributed by atoms with van der Waals surface area (Å²) >= 11 is 1.74. The average molecular weight is 328 g/mol. The van der Waals surface area contributed by atoms with Gasteiger partial charge in [-0.3, -0.25) is 4.79 Å². The normalized spacial score (nSPS) is 22.6. The van der Waals surface area contributed by atoms with Crippen molar-refractivity contribution in [2.45, 2.75) is 32.4 Å². The molecule has 2 heterocycles. The van der Waals surface area contributed by atoms with Crippen LogP contribution < -0.4 is 15.4 Å². The molecule has 4 rings (SSSR count). The molecule has 23 heavy (non-hydrogen) atoms. The number of fused-ring (bicyclic) bond motifs is 3. The van der Waals surface area contributed by atoms with Gasteiger partial charge < -0.3 is 15.4 Å². The first kappa shape index (κ1) is 14.6. The van der Waals surface area contributed by atoms with Gasteiger partial charge in [0.05, 0.1) is 12.7 Å². The third kappa shape index (κ3) is 2.39. The van der Waals surface area contributed by atoms with Crippen LogP contribution in [0.2, 0.25) is 0 Å². The molecule has 2 aromatic rings. The van der Waals surface area contributed by atoms with E-state index in [0.29, 0.717) is 5.92 Å². The highest BCUT2D eigenvalue weighted by Crippen LogP contribution is 2.43.